The summed E-state index contributed by atoms with van der Waals surface area (Å²) in [7, 11) is 1.74. The van der Waals surface area contributed by atoms with Crippen molar-refractivity contribution in [1.29, 1.82) is 0 Å². The van der Waals surface area contributed by atoms with Crippen molar-refractivity contribution in [3.8, 4) is 11.5 Å². The van der Waals surface area contributed by atoms with Gasteiger partial charge in [-0.3, -0.25) is 0 Å². The summed E-state index contributed by atoms with van der Waals surface area (Å²) in [5, 5.41) is 3.75. The van der Waals surface area contributed by atoms with Gasteiger partial charge in [0.2, 0.25) is 0 Å². The third kappa shape index (κ3) is 3.57. The number of hydrogen-bond donors (Lipinski definition) is 1. The molecule has 1 aliphatic rings. The van der Waals surface area contributed by atoms with Crippen molar-refractivity contribution < 1.29 is 9.47 Å². The highest BCUT2D eigenvalue weighted by molar-refractivity contribution is 5.49. The van der Waals surface area contributed by atoms with Crippen LogP contribution in [0.3, 0.4) is 0 Å². The zero-order valence-corrected chi connectivity index (χ0v) is 14.7. The Morgan fingerprint density at radius 2 is 2.05 bits per heavy atom. The van der Waals surface area contributed by atoms with Crippen LogP contribution in [0.25, 0.3) is 0 Å². The minimum atomic E-state index is -0.0607. The van der Waals surface area contributed by atoms with Gasteiger partial charge in [-0.15, -0.1) is 0 Å². The van der Waals surface area contributed by atoms with Gasteiger partial charge in [0.05, 0.1) is 12.7 Å². The molecule has 1 aromatic rings. The summed E-state index contributed by atoms with van der Waals surface area (Å²) in [6.45, 7) is 10.0. The molecule has 0 saturated heterocycles. The van der Waals surface area contributed by atoms with E-state index in [0.717, 1.165) is 37.3 Å². The maximum absolute atomic E-state index is 6.40. The number of ether oxygens (including phenoxy) is 2. The van der Waals surface area contributed by atoms with Crippen molar-refractivity contribution in [2.45, 2.75) is 65.0 Å². The maximum atomic E-state index is 6.40. The minimum absolute atomic E-state index is 0.0607. The van der Waals surface area contributed by atoms with Crippen molar-refractivity contribution >= 4 is 0 Å². The molecule has 1 N–H and O–H groups in total. The quantitative estimate of drug-likeness (QED) is 0.791. The van der Waals surface area contributed by atoms with Crippen LogP contribution >= 0.6 is 0 Å². The predicted molar refractivity (Wildman–Crippen MR) is 91.8 cm³/mol. The Bertz CT molecular complexity index is 480. The summed E-state index contributed by atoms with van der Waals surface area (Å²) >= 11 is 0. The van der Waals surface area contributed by atoms with Gasteiger partial charge in [0.25, 0.3) is 0 Å². The first kappa shape index (κ1) is 17.1. The lowest BCUT2D eigenvalue weighted by Crippen LogP contribution is -2.43. The fraction of sp³-hybridized carbons (Fsp3) is 0.684. The van der Waals surface area contributed by atoms with Crippen LogP contribution in [0.15, 0.2) is 18.2 Å². The molecular weight excluding hydrogens is 274 g/mol. The summed E-state index contributed by atoms with van der Waals surface area (Å²) in [6.07, 6.45) is 4.25. The molecule has 22 heavy (non-hydrogen) atoms. The normalized spacial score (nSPS) is 19.6. The molecule has 1 unspecified atom stereocenters. The molecule has 124 valence electrons. The number of benzene rings is 1. The Balaban J connectivity index is 2.30. The molecular formula is C19H31NO2. The van der Waals surface area contributed by atoms with Gasteiger partial charge in [0.1, 0.15) is 17.1 Å². The Morgan fingerprint density at radius 1 is 1.32 bits per heavy atom. The van der Waals surface area contributed by atoms with E-state index in [1.54, 1.807) is 7.11 Å². The van der Waals surface area contributed by atoms with Gasteiger partial charge >= 0.3 is 0 Å². The lowest BCUT2D eigenvalue weighted by molar-refractivity contribution is 0.0218. The van der Waals surface area contributed by atoms with Crippen LogP contribution in [-0.4, -0.2) is 19.3 Å². The Morgan fingerprint density at radius 3 is 2.64 bits per heavy atom. The molecule has 1 aliphatic heterocycles. The van der Waals surface area contributed by atoms with Crippen molar-refractivity contribution in [2.75, 3.05) is 13.7 Å². The molecule has 3 nitrogen and oxygen atoms in total. The van der Waals surface area contributed by atoms with Crippen LogP contribution in [-0.2, 0) is 0 Å². The molecule has 0 fully saturated rings. The van der Waals surface area contributed by atoms with Gasteiger partial charge in [-0.1, -0.05) is 33.8 Å². The lowest BCUT2D eigenvalue weighted by Gasteiger charge is -2.42. The smallest absolute Gasteiger partial charge is 0.128 e. The molecule has 1 heterocycles. The summed E-state index contributed by atoms with van der Waals surface area (Å²) in [5.74, 6) is 2.63. The lowest BCUT2D eigenvalue weighted by atomic mass is 9.83. The summed E-state index contributed by atoms with van der Waals surface area (Å²) in [5.41, 5.74) is 1.13. The van der Waals surface area contributed by atoms with E-state index in [4.69, 9.17) is 9.47 Å². The van der Waals surface area contributed by atoms with Crippen LogP contribution in [0, 0.1) is 5.92 Å². The first-order chi connectivity index (χ1) is 10.5. The summed E-state index contributed by atoms with van der Waals surface area (Å²) in [6, 6.07) is 6.43. The molecule has 0 amide bonds. The summed E-state index contributed by atoms with van der Waals surface area (Å²) in [4.78, 5) is 0. The maximum Gasteiger partial charge on any atom is 0.128 e. The number of nitrogens with one attached hydrogen (secondary N) is 1. The number of rotatable bonds is 7. The molecule has 0 saturated carbocycles. The third-order valence-electron chi connectivity index (χ3n) is 4.90. The van der Waals surface area contributed by atoms with E-state index < -0.39 is 0 Å². The first-order valence-electron chi connectivity index (χ1n) is 8.64. The van der Waals surface area contributed by atoms with Crippen molar-refractivity contribution in [1.82, 2.24) is 5.32 Å². The van der Waals surface area contributed by atoms with E-state index in [0.29, 0.717) is 12.0 Å². The Kier molecular flexibility index (Phi) is 5.74. The average molecular weight is 305 g/mol. The molecule has 1 atom stereocenters. The Labute approximate surface area is 135 Å². The number of fused-ring (bicyclic) bond motifs is 1. The van der Waals surface area contributed by atoms with E-state index in [-0.39, 0.29) is 5.60 Å². The molecule has 1 aromatic carbocycles. The molecule has 0 aromatic heterocycles. The first-order valence-corrected chi connectivity index (χ1v) is 8.64. The van der Waals surface area contributed by atoms with E-state index in [2.05, 4.69) is 39.1 Å². The van der Waals surface area contributed by atoms with Crippen LogP contribution < -0.4 is 14.8 Å². The van der Waals surface area contributed by atoms with Crippen LogP contribution in [0.1, 0.15) is 65.0 Å². The molecule has 2 rings (SSSR count). The van der Waals surface area contributed by atoms with Gasteiger partial charge in [0.15, 0.2) is 0 Å². The topological polar surface area (TPSA) is 30.5 Å². The van der Waals surface area contributed by atoms with E-state index in [1.165, 1.54) is 12.0 Å². The molecule has 0 spiro atoms. The summed E-state index contributed by atoms with van der Waals surface area (Å²) < 4.78 is 12.0. The monoisotopic (exact) mass is 305 g/mol. The van der Waals surface area contributed by atoms with E-state index in [1.807, 2.05) is 12.1 Å². The molecule has 0 radical (unpaired) electrons. The van der Waals surface area contributed by atoms with E-state index >= 15 is 0 Å². The molecule has 3 heteroatoms. The predicted octanol–water partition coefficient (Wildman–Crippen LogP) is 4.71. The van der Waals surface area contributed by atoms with Gasteiger partial charge < -0.3 is 14.8 Å². The van der Waals surface area contributed by atoms with Crippen molar-refractivity contribution in [3.63, 3.8) is 0 Å². The highest BCUT2D eigenvalue weighted by Crippen LogP contribution is 2.46. The number of hydrogen-bond acceptors (Lipinski definition) is 3. The Hall–Kier alpha value is -1.22. The van der Waals surface area contributed by atoms with Gasteiger partial charge in [-0.2, -0.15) is 0 Å². The number of methoxy groups -OCH3 is 1. The highest BCUT2D eigenvalue weighted by atomic mass is 16.5. The minimum Gasteiger partial charge on any atom is -0.496 e. The fourth-order valence-electron chi connectivity index (χ4n) is 3.29. The van der Waals surface area contributed by atoms with Gasteiger partial charge in [0, 0.05) is 12.5 Å². The van der Waals surface area contributed by atoms with Gasteiger partial charge in [-0.25, -0.2) is 0 Å². The third-order valence-corrected chi connectivity index (χ3v) is 4.90. The SMILES string of the molecule is CCC1(CC)CC(NCCC(C)C)c2c(OC)cccc2O1. The highest BCUT2D eigenvalue weighted by Gasteiger charge is 2.39. The van der Waals surface area contributed by atoms with Crippen molar-refractivity contribution in [3.05, 3.63) is 23.8 Å². The van der Waals surface area contributed by atoms with Crippen molar-refractivity contribution in [2.24, 2.45) is 5.92 Å². The van der Waals surface area contributed by atoms with Crippen LogP contribution in [0.4, 0.5) is 0 Å². The fourth-order valence-corrected chi connectivity index (χ4v) is 3.29. The van der Waals surface area contributed by atoms with E-state index in [9.17, 15) is 0 Å². The second-order valence-corrected chi connectivity index (χ2v) is 6.76. The second-order valence-electron chi connectivity index (χ2n) is 6.76. The van der Waals surface area contributed by atoms with Gasteiger partial charge in [-0.05, 0) is 43.9 Å². The van der Waals surface area contributed by atoms with Crippen LogP contribution in [0.2, 0.25) is 0 Å². The van der Waals surface area contributed by atoms with Crippen LogP contribution in [0.5, 0.6) is 11.5 Å². The molecule has 0 bridgehead atoms. The zero-order chi connectivity index (χ0) is 16.2. The standard InChI is InChI=1S/C19H31NO2/c1-6-19(7-2)13-15(20-12-11-14(3)4)18-16(21-5)9-8-10-17(18)22-19/h8-10,14-15,20H,6-7,11-13H2,1-5H3. The molecule has 0 aliphatic carbocycles. The average Bonchev–Trinajstić information content (AvgIpc) is 2.53. The zero-order valence-electron chi connectivity index (χ0n) is 14.7. The second kappa shape index (κ2) is 7.36. The largest absolute Gasteiger partial charge is 0.496 e.